The average Bonchev–Trinajstić information content (AvgIpc) is 2.15. The number of alkyl halides is 4. The predicted octanol–water partition coefficient (Wildman–Crippen LogP) is 2.73. The third-order valence-corrected chi connectivity index (χ3v) is 2.05. The van der Waals surface area contributed by atoms with E-state index >= 15 is 0 Å². The summed E-state index contributed by atoms with van der Waals surface area (Å²) in [5.41, 5.74) is 3.36. The van der Waals surface area contributed by atoms with E-state index in [9.17, 15) is 17.6 Å². The van der Waals surface area contributed by atoms with Crippen molar-refractivity contribution in [3.63, 3.8) is 0 Å². The minimum atomic E-state index is -4.78. The molecule has 90 valence electrons. The van der Waals surface area contributed by atoms with Gasteiger partial charge in [-0.15, -0.1) is 13.2 Å². The van der Waals surface area contributed by atoms with Gasteiger partial charge in [-0.25, -0.2) is 4.39 Å². The van der Waals surface area contributed by atoms with Crippen LogP contribution in [0.1, 0.15) is 12.5 Å². The van der Waals surface area contributed by atoms with Gasteiger partial charge in [0.05, 0.1) is 0 Å². The van der Waals surface area contributed by atoms with E-state index < -0.39 is 17.8 Å². The van der Waals surface area contributed by atoms with E-state index in [2.05, 4.69) is 4.74 Å². The summed E-state index contributed by atoms with van der Waals surface area (Å²) in [5.74, 6) is -0.456. The molecule has 0 spiro atoms. The van der Waals surface area contributed by atoms with E-state index in [0.717, 1.165) is 12.1 Å². The van der Waals surface area contributed by atoms with E-state index in [1.54, 1.807) is 0 Å². The van der Waals surface area contributed by atoms with Gasteiger partial charge in [0.25, 0.3) is 0 Å². The molecule has 0 saturated heterocycles. The fourth-order valence-corrected chi connectivity index (χ4v) is 1.14. The third kappa shape index (κ3) is 3.37. The molecule has 1 rings (SSSR count). The van der Waals surface area contributed by atoms with Crippen molar-refractivity contribution in [2.75, 3.05) is 6.54 Å². The molecule has 0 aliphatic rings. The maximum absolute atomic E-state index is 13.7. The second kappa shape index (κ2) is 4.29. The lowest BCUT2D eigenvalue weighted by Gasteiger charge is -2.19. The number of hydrogen-bond donors (Lipinski definition) is 1. The molecule has 0 saturated carbocycles. The van der Waals surface area contributed by atoms with Crippen molar-refractivity contribution in [2.24, 2.45) is 5.73 Å². The fraction of sp³-hybridized carbons (Fsp3) is 0.400. The molecular weight excluding hydrogens is 226 g/mol. The molecule has 1 atom stereocenters. The Morgan fingerprint density at radius 3 is 2.38 bits per heavy atom. The zero-order valence-electron chi connectivity index (χ0n) is 8.51. The first-order valence-corrected chi connectivity index (χ1v) is 4.50. The standard InChI is InChI=1S/C10H11F4NO/c1-9(11,6-15)7-3-2-4-8(5-7)16-10(12,13)14/h2-5H,6,15H2,1H3. The monoisotopic (exact) mass is 237 g/mol. The number of rotatable bonds is 3. The number of hydrogen-bond acceptors (Lipinski definition) is 2. The number of ether oxygens (including phenoxy) is 1. The molecular formula is C10H11F4NO. The second-order valence-corrected chi connectivity index (χ2v) is 3.48. The quantitative estimate of drug-likeness (QED) is 0.820. The summed E-state index contributed by atoms with van der Waals surface area (Å²) < 4.78 is 53.1. The smallest absolute Gasteiger partial charge is 0.406 e. The van der Waals surface area contributed by atoms with Crippen molar-refractivity contribution < 1.29 is 22.3 Å². The van der Waals surface area contributed by atoms with E-state index in [1.807, 2.05) is 0 Å². The Kier molecular flexibility index (Phi) is 3.42. The van der Waals surface area contributed by atoms with Crippen LogP contribution in [-0.2, 0) is 5.67 Å². The van der Waals surface area contributed by atoms with Gasteiger partial charge in [0.15, 0.2) is 0 Å². The van der Waals surface area contributed by atoms with Crippen molar-refractivity contribution in [3.8, 4) is 5.75 Å². The number of nitrogens with two attached hydrogens (primary N) is 1. The topological polar surface area (TPSA) is 35.2 Å². The molecule has 1 unspecified atom stereocenters. The molecule has 2 N–H and O–H groups in total. The van der Waals surface area contributed by atoms with Crippen LogP contribution in [0.4, 0.5) is 17.6 Å². The molecule has 6 heteroatoms. The van der Waals surface area contributed by atoms with Crippen molar-refractivity contribution in [3.05, 3.63) is 29.8 Å². The lowest BCUT2D eigenvalue weighted by Crippen LogP contribution is -2.26. The summed E-state index contributed by atoms with van der Waals surface area (Å²) in [6.07, 6.45) is -4.78. The van der Waals surface area contributed by atoms with Gasteiger partial charge in [0.1, 0.15) is 11.4 Å². The highest BCUT2D eigenvalue weighted by molar-refractivity contribution is 5.32. The normalized spacial score (nSPS) is 15.6. The van der Waals surface area contributed by atoms with E-state index in [4.69, 9.17) is 5.73 Å². The van der Waals surface area contributed by atoms with Crippen molar-refractivity contribution in [1.82, 2.24) is 0 Å². The highest BCUT2D eigenvalue weighted by atomic mass is 19.4. The summed E-state index contributed by atoms with van der Waals surface area (Å²) in [6.45, 7) is 0.877. The molecule has 0 aliphatic heterocycles. The second-order valence-electron chi connectivity index (χ2n) is 3.48. The van der Waals surface area contributed by atoms with Crippen LogP contribution in [0.2, 0.25) is 0 Å². The molecule has 0 aliphatic carbocycles. The van der Waals surface area contributed by atoms with Gasteiger partial charge >= 0.3 is 6.36 Å². The van der Waals surface area contributed by atoms with Crippen molar-refractivity contribution >= 4 is 0 Å². The van der Waals surface area contributed by atoms with Crippen LogP contribution < -0.4 is 10.5 Å². The first-order valence-electron chi connectivity index (χ1n) is 4.50. The molecule has 0 radical (unpaired) electrons. The van der Waals surface area contributed by atoms with Gasteiger partial charge in [0.2, 0.25) is 0 Å². The highest BCUT2D eigenvalue weighted by Crippen LogP contribution is 2.29. The van der Waals surface area contributed by atoms with Crippen LogP contribution in [-0.4, -0.2) is 12.9 Å². The largest absolute Gasteiger partial charge is 0.573 e. The maximum atomic E-state index is 13.7. The van der Waals surface area contributed by atoms with Gasteiger partial charge < -0.3 is 10.5 Å². The number of benzene rings is 1. The molecule has 16 heavy (non-hydrogen) atoms. The SMILES string of the molecule is CC(F)(CN)c1cccc(OC(F)(F)F)c1. The summed E-state index contributed by atoms with van der Waals surface area (Å²) >= 11 is 0. The Hall–Kier alpha value is -1.30. The first-order chi connectivity index (χ1) is 7.24. The van der Waals surface area contributed by atoms with Gasteiger partial charge in [0, 0.05) is 6.54 Å². The molecule has 0 aromatic heterocycles. The molecule has 0 bridgehead atoms. The zero-order chi connectivity index (χ0) is 12.4. The predicted molar refractivity (Wildman–Crippen MR) is 50.6 cm³/mol. The molecule has 1 aromatic carbocycles. The van der Waals surface area contributed by atoms with Gasteiger partial charge in [-0.3, -0.25) is 0 Å². The molecule has 0 amide bonds. The number of halogens is 4. The fourth-order valence-electron chi connectivity index (χ4n) is 1.14. The Labute approximate surface area is 90.0 Å². The minimum Gasteiger partial charge on any atom is -0.406 e. The molecule has 0 heterocycles. The molecule has 1 aromatic rings. The average molecular weight is 237 g/mol. The molecule has 0 fully saturated rings. The Morgan fingerprint density at radius 2 is 1.88 bits per heavy atom. The highest BCUT2D eigenvalue weighted by Gasteiger charge is 2.32. The lowest BCUT2D eigenvalue weighted by atomic mass is 9.98. The van der Waals surface area contributed by atoms with Crippen LogP contribution in [0.15, 0.2) is 24.3 Å². The lowest BCUT2D eigenvalue weighted by molar-refractivity contribution is -0.274. The Balaban J connectivity index is 2.96. The summed E-state index contributed by atoms with van der Waals surface area (Å²) in [4.78, 5) is 0. The van der Waals surface area contributed by atoms with E-state index in [-0.39, 0.29) is 12.1 Å². The summed E-state index contributed by atoms with van der Waals surface area (Å²) in [7, 11) is 0. The minimum absolute atomic E-state index is 0.0525. The maximum Gasteiger partial charge on any atom is 0.573 e. The van der Waals surface area contributed by atoms with E-state index in [1.165, 1.54) is 19.1 Å². The summed E-state index contributed by atoms with van der Waals surface area (Å²) in [6, 6.07) is 4.73. The van der Waals surface area contributed by atoms with Gasteiger partial charge in [-0.1, -0.05) is 12.1 Å². The van der Waals surface area contributed by atoms with Gasteiger partial charge in [-0.05, 0) is 24.6 Å². The molecule has 2 nitrogen and oxygen atoms in total. The van der Waals surface area contributed by atoms with Crippen molar-refractivity contribution in [2.45, 2.75) is 19.0 Å². The first kappa shape index (κ1) is 12.8. The summed E-state index contributed by atoms with van der Waals surface area (Å²) in [5, 5.41) is 0. The Morgan fingerprint density at radius 1 is 1.25 bits per heavy atom. The third-order valence-electron chi connectivity index (χ3n) is 2.05. The Bertz CT molecular complexity index is 362. The van der Waals surface area contributed by atoms with Crippen molar-refractivity contribution in [1.29, 1.82) is 0 Å². The van der Waals surface area contributed by atoms with Crippen LogP contribution in [0.3, 0.4) is 0 Å². The van der Waals surface area contributed by atoms with Crippen LogP contribution in [0, 0.1) is 0 Å². The van der Waals surface area contributed by atoms with Crippen LogP contribution >= 0.6 is 0 Å². The van der Waals surface area contributed by atoms with E-state index in [0.29, 0.717) is 0 Å². The zero-order valence-corrected chi connectivity index (χ0v) is 8.51. The van der Waals surface area contributed by atoms with Gasteiger partial charge in [-0.2, -0.15) is 0 Å². The van der Waals surface area contributed by atoms with Crippen LogP contribution in [0.25, 0.3) is 0 Å². The van der Waals surface area contributed by atoms with Crippen LogP contribution in [0.5, 0.6) is 5.75 Å².